The molecular weight excluding hydrogens is 270 g/mol. The van der Waals surface area contributed by atoms with Gasteiger partial charge < -0.3 is 21.1 Å². The van der Waals surface area contributed by atoms with Gasteiger partial charge in [0.05, 0.1) is 6.61 Å². The van der Waals surface area contributed by atoms with Crippen LogP contribution in [0, 0.1) is 0 Å². The van der Waals surface area contributed by atoms with Crippen molar-refractivity contribution in [2.45, 2.75) is 39.2 Å². The summed E-state index contributed by atoms with van der Waals surface area (Å²) in [4.78, 5) is 20.5. The van der Waals surface area contributed by atoms with Crippen LogP contribution in [0.15, 0.2) is 6.07 Å². The fourth-order valence-electron chi connectivity index (χ4n) is 1.59. The minimum absolute atomic E-state index is 0.124. The number of nitrogens with two attached hydrogens (primary N) is 1. The number of hydrogen-bond donors (Lipinski definition) is 3. The van der Waals surface area contributed by atoms with E-state index < -0.39 is 6.04 Å². The predicted octanol–water partition coefficient (Wildman–Crippen LogP) is 0.919. The van der Waals surface area contributed by atoms with E-state index in [0.29, 0.717) is 30.6 Å². The highest BCUT2D eigenvalue weighted by atomic mass is 16.5. The van der Waals surface area contributed by atoms with Crippen molar-refractivity contribution in [1.29, 1.82) is 0 Å². The third-order valence-corrected chi connectivity index (χ3v) is 2.78. The molecule has 7 heteroatoms. The first-order valence-corrected chi connectivity index (χ1v) is 6.92. The number of nitrogens with one attached hydrogen (secondary N) is 2. The van der Waals surface area contributed by atoms with Crippen LogP contribution in [-0.2, 0) is 14.9 Å². The molecule has 0 fully saturated rings. The van der Waals surface area contributed by atoms with Crippen molar-refractivity contribution in [1.82, 2.24) is 15.3 Å². The Hall–Kier alpha value is -1.89. The molecule has 1 heterocycles. The van der Waals surface area contributed by atoms with Crippen LogP contribution in [0.25, 0.3) is 0 Å². The maximum Gasteiger partial charge on any atom is 0.242 e. The van der Waals surface area contributed by atoms with Gasteiger partial charge in [-0.25, -0.2) is 9.97 Å². The van der Waals surface area contributed by atoms with Crippen molar-refractivity contribution in [3.05, 3.63) is 11.9 Å². The molecular formula is C14H25N5O2. The van der Waals surface area contributed by atoms with Gasteiger partial charge in [0.1, 0.15) is 23.5 Å². The van der Waals surface area contributed by atoms with Gasteiger partial charge in [0, 0.05) is 25.1 Å². The number of anilines is 2. The van der Waals surface area contributed by atoms with Crippen molar-refractivity contribution in [3.63, 3.8) is 0 Å². The van der Waals surface area contributed by atoms with Crippen molar-refractivity contribution >= 4 is 17.5 Å². The van der Waals surface area contributed by atoms with Crippen LogP contribution >= 0.6 is 0 Å². The molecule has 118 valence electrons. The molecule has 7 nitrogen and oxygen atoms in total. The second-order valence-corrected chi connectivity index (χ2v) is 5.90. The van der Waals surface area contributed by atoms with Crippen molar-refractivity contribution in [2.75, 3.05) is 31.3 Å². The zero-order valence-corrected chi connectivity index (χ0v) is 13.4. The molecule has 1 aromatic rings. The van der Waals surface area contributed by atoms with E-state index in [4.69, 9.17) is 10.5 Å². The van der Waals surface area contributed by atoms with Crippen LogP contribution in [0.4, 0.5) is 11.6 Å². The average molecular weight is 295 g/mol. The Morgan fingerprint density at radius 2 is 2.10 bits per heavy atom. The second kappa shape index (κ2) is 7.21. The second-order valence-electron chi connectivity index (χ2n) is 5.90. The van der Waals surface area contributed by atoms with E-state index in [0.717, 1.165) is 0 Å². The van der Waals surface area contributed by atoms with Gasteiger partial charge in [-0.3, -0.25) is 4.79 Å². The lowest BCUT2D eigenvalue weighted by Gasteiger charge is -2.19. The largest absolute Gasteiger partial charge is 0.384 e. The summed E-state index contributed by atoms with van der Waals surface area (Å²) in [5, 5.41) is 5.80. The minimum atomic E-state index is -0.427. The first-order valence-electron chi connectivity index (χ1n) is 6.92. The minimum Gasteiger partial charge on any atom is -0.384 e. The summed E-state index contributed by atoms with van der Waals surface area (Å²) in [6.45, 7) is 8.73. The molecule has 0 spiro atoms. The lowest BCUT2D eigenvalue weighted by molar-refractivity contribution is -0.121. The number of methoxy groups -OCH3 is 1. The van der Waals surface area contributed by atoms with Crippen LogP contribution < -0.4 is 16.4 Å². The van der Waals surface area contributed by atoms with Crippen molar-refractivity contribution in [2.24, 2.45) is 0 Å². The first kappa shape index (κ1) is 17.2. The van der Waals surface area contributed by atoms with E-state index in [-0.39, 0.29) is 11.3 Å². The lowest BCUT2D eigenvalue weighted by atomic mass is 9.96. The average Bonchev–Trinajstić information content (AvgIpc) is 2.37. The standard InChI is InChI=1S/C14H25N5O2/c1-9(12(20)16-6-7-21-5)17-11-8-10(15)18-13(19-11)14(2,3)4/h8-9H,6-7H2,1-5H3,(H,16,20)(H3,15,17,18,19). The zero-order chi connectivity index (χ0) is 16.0. The highest BCUT2D eigenvalue weighted by Crippen LogP contribution is 2.21. The van der Waals surface area contributed by atoms with Crippen molar-refractivity contribution in [3.8, 4) is 0 Å². The summed E-state index contributed by atoms with van der Waals surface area (Å²) in [7, 11) is 1.59. The molecule has 0 aliphatic heterocycles. The molecule has 0 aliphatic rings. The normalized spacial score (nSPS) is 12.8. The summed E-state index contributed by atoms with van der Waals surface area (Å²) in [5.41, 5.74) is 5.59. The van der Waals surface area contributed by atoms with Gasteiger partial charge in [-0.1, -0.05) is 20.8 Å². The smallest absolute Gasteiger partial charge is 0.242 e. The number of amides is 1. The van der Waals surface area contributed by atoms with Gasteiger partial charge >= 0.3 is 0 Å². The summed E-state index contributed by atoms with van der Waals surface area (Å²) >= 11 is 0. The maximum absolute atomic E-state index is 11.9. The van der Waals surface area contributed by atoms with E-state index >= 15 is 0 Å². The Kier molecular flexibility index (Phi) is 5.90. The molecule has 1 aromatic heterocycles. The third-order valence-electron chi connectivity index (χ3n) is 2.78. The van der Waals surface area contributed by atoms with E-state index in [1.165, 1.54) is 0 Å². The number of carbonyl (C=O) groups excluding carboxylic acids is 1. The molecule has 0 aromatic carbocycles. The molecule has 4 N–H and O–H groups in total. The molecule has 0 aliphatic carbocycles. The van der Waals surface area contributed by atoms with Gasteiger partial charge in [0.2, 0.25) is 5.91 Å². The van der Waals surface area contributed by atoms with Gasteiger partial charge in [0.15, 0.2) is 0 Å². The predicted molar refractivity (Wildman–Crippen MR) is 83.1 cm³/mol. The Bertz CT molecular complexity index is 485. The zero-order valence-electron chi connectivity index (χ0n) is 13.4. The number of ether oxygens (including phenoxy) is 1. The van der Waals surface area contributed by atoms with Gasteiger partial charge in [0.25, 0.3) is 0 Å². The fraction of sp³-hybridized carbons (Fsp3) is 0.643. The summed E-state index contributed by atoms with van der Waals surface area (Å²) in [5.74, 6) is 1.43. The number of carbonyl (C=O) groups is 1. The van der Waals surface area contributed by atoms with Crippen LogP contribution in [0.3, 0.4) is 0 Å². The molecule has 21 heavy (non-hydrogen) atoms. The van der Waals surface area contributed by atoms with Gasteiger partial charge in [-0.2, -0.15) is 0 Å². The van der Waals surface area contributed by atoms with E-state index in [9.17, 15) is 4.79 Å². The molecule has 1 amide bonds. The summed E-state index contributed by atoms with van der Waals surface area (Å²) in [6, 6.07) is 1.19. The Morgan fingerprint density at radius 3 is 2.67 bits per heavy atom. The van der Waals surface area contributed by atoms with E-state index in [1.807, 2.05) is 20.8 Å². The summed E-state index contributed by atoms with van der Waals surface area (Å²) < 4.78 is 4.89. The number of nitrogen functional groups attached to an aromatic ring is 1. The maximum atomic E-state index is 11.9. The van der Waals surface area contributed by atoms with Crippen LogP contribution in [0.1, 0.15) is 33.5 Å². The monoisotopic (exact) mass is 295 g/mol. The number of hydrogen-bond acceptors (Lipinski definition) is 6. The van der Waals surface area contributed by atoms with Crippen LogP contribution in [-0.4, -0.2) is 42.2 Å². The van der Waals surface area contributed by atoms with Gasteiger partial charge in [-0.15, -0.1) is 0 Å². The Morgan fingerprint density at radius 1 is 1.43 bits per heavy atom. The molecule has 1 unspecified atom stereocenters. The molecule has 0 saturated carbocycles. The molecule has 0 bridgehead atoms. The van der Waals surface area contributed by atoms with Crippen molar-refractivity contribution < 1.29 is 9.53 Å². The number of rotatable bonds is 6. The Labute approximate surface area is 125 Å². The number of aromatic nitrogens is 2. The Balaban J connectivity index is 2.74. The highest BCUT2D eigenvalue weighted by Gasteiger charge is 2.20. The van der Waals surface area contributed by atoms with E-state index in [2.05, 4.69) is 20.6 Å². The third kappa shape index (κ3) is 5.55. The SMILES string of the molecule is COCCNC(=O)C(C)Nc1cc(N)nc(C(C)(C)C)n1. The fourth-order valence-corrected chi connectivity index (χ4v) is 1.59. The molecule has 0 radical (unpaired) electrons. The molecule has 1 rings (SSSR count). The molecule has 0 saturated heterocycles. The first-order chi connectivity index (χ1) is 9.74. The van der Waals surface area contributed by atoms with Gasteiger partial charge in [-0.05, 0) is 6.92 Å². The quantitative estimate of drug-likeness (QED) is 0.674. The number of nitrogens with zero attached hydrogens (tertiary/aromatic N) is 2. The highest BCUT2D eigenvalue weighted by molar-refractivity contribution is 5.83. The van der Waals surface area contributed by atoms with E-state index in [1.54, 1.807) is 20.1 Å². The molecule has 1 atom stereocenters. The van der Waals surface area contributed by atoms with Crippen LogP contribution in [0.2, 0.25) is 0 Å². The lowest BCUT2D eigenvalue weighted by Crippen LogP contribution is -2.39. The summed E-state index contributed by atoms with van der Waals surface area (Å²) in [6.07, 6.45) is 0. The van der Waals surface area contributed by atoms with Crippen LogP contribution in [0.5, 0.6) is 0 Å². The topological polar surface area (TPSA) is 102 Å².